The highest BCUT2D eigenvalue weighted by molar-refractivity contribution is 6.31. The Hall–Kier alpha value is -2.94. The monoisotopic (exact) mass is 482 g/mol. The summed E-state index contributed by atoms with van der Waals surface area (Å²) in [6, 6.07) is 27.6. The molecule has 2 atom stereocenters. The van der Waals surface area contributed by atoms with Gasteiger partial charge in [0.15, 0.2) is 0 Å². The number of benzene rings is 3. The van der Waals surface area contributed by atoms with Crippen LogP contribution in [-0.2, 0) is 6.42 Å². The molecule has 0 radical (unpaired) electrons. The van der Waals surface area contributed by atoms with Crippen molar-refractivity contribution in [3.05, 3.63) is 112 Å². The molecule has 1 heterocycles. The van der Waals surface area contributed by atoms with Crippen LogP contribution >= 0.6 is 11.6 Å². The van der Waals surface area contributed by atoms with Gasteiger partial charge in [0.25, 0.3) is 0 Å². The highest BCUT2D eigenvalue weighted by Gasteiger charge is 2.16. The lowest BCUT2D eigenvalue weighted by Crippen LogP contribution is -2.10. The molecule has 0 saturated carbocycles. The SMILES string of the molecule is CC(C)C[C@H](CCc1ccccc1C(C)N)c1cccc(/C=C/c2ccc3ccc(Cl)cc3n2)c1. The molecule has 3 aromatic carbocycles. The van der Waals surface area contributed by atoms with E-state index in [1.54, 1.807) is 0 Å². The van der Waals surface area contributed by atoms with E-state index in [9.17, 15) is 0 Å². The average Bonchev–Trinajstić information content (AvgIpc) is 2.85. The summed E-state index contributed by atoms with van der Waals surface area (Å²) in [5.41, 5.74) is 13.3. The standard InChI is InChI=1S/C32H35ClN2/c1-22(2)19-28(13-12-25-8-4-5-10-31(25)23(3)34)27-9-6-7-24(20-27)11-17-30-18-15-26-14-16-29(33)21-32(26)35-30/h4-11,14-18,20-23,28H,12-13,19,34H2,1-3H3/b17-11+/t23?,28-/m0/s1. The van der Waals surface area contributed by atoms with Crippen molar-refractivity contribution in [1.29, 1.82) is 0 Å². The van der Waals surface area contributed by atoms with E-state index < -0.39 is 0 Å². The van der Waals surface area contributed by atoms with E-state index in [0.29, 0.717) is 16.9 Å². The predicted molar refractivity (Wildman–Crippen MR) is 152 cm³/mol. The Labute approximate surface area is 214 Å². The minimum absolute atomic E-state index is 0.0583. The van der Waals surface area contributed by atoms with Crippen LogP contribution in [-0.4, -0.2) is 4.98 Å². The van der Waals surface area contributed by atoms with Crippen LogP contribution in [0.5, 0.6) is 0 Å². The summed E-state index contributed by atoms with van der Waals surface area (Å²) >= 11 is 6.15. The summed E-state index contributed by atoms with van der Waals surface area (Å²) in [6.45, 7) is 6.69. The minimum Gasteiger partial charge on any atom is -0.324 e. The van der Waals surface area contributed by atoms with E-state index in [4.69, 9.17) is 22.3 Å². The molecule has 0 bridgehead atoms. The molecule has 0 fully saturated rings. The maximum atomic E-state index is 6.23. The summed E-state index contributed by atoms with van der Waals surface area (Å²) in [6.07, 6.45) is 7.55. The van der Waals surface area contributed by atoms with Gasteiger partial charge in [-0.15, -0.1) is 0 Å². The van der Waals surface area contributed by atoms with Gasteiger partial charge in [-0.2, -0.15) is 0 Å². The lowest BCUT2D eigenvalue weighted by Gasteiger charge is -2.21. The first kappa shape index (κ1) is 25.2. The second kappa shape index (κ2) is 11.7. The fourth-order valence-corrected chi connectivity index (χ4v) is 4.99. The number of halogens is 1. The van der Waals surface area contributed by atoms with Crippen molar-refractivity contribution >= 4 is 34.7 Å². The van der Waals surface area contributed by atoms with Gasteiger partial charge in [-0.1, -0.05) is 92.2 Å². The lowest BCUT2D eigenvalue weighted by atomic mass is 9.84. The molecular formula is C32H35ClN2. The number of aryl methyl sites for hydroxylation is 1. The Morgan fingerprint density at radius 3 is 2.49 bits per heavy atom. The number of fused-ring (bicyclic) bond motifs is 1. The van der Waals surface area contributed by atoms with Gasteiger partial charge in [-0.3, -0.25) is 0 Å². The lowest BCUT2D eigenvalue weighted by molar-refractivity contribution is 0.475. The number of hydrogen-bond donors (Lipinski definition) is 1. The Balaban J connectivity index is 1.53. The number of pyridine rings is 1. The Morgan fingerprint density at radius 1 is 0.886 bits per heavy atom. The normalized spacial score (nSPS) is 13.5. The quantitative estimate of drug-likeness (QED) is 0.258. The Morgan fingerprint density at radius 2 is 1.69 bits per heavy atom. The largest absolute Gasteiger partial charge is 0.324 e. The number of nitrogens with two attached hydrogens (primary N) is 1. The van der Waals surface area contributed by atoms with Gasteiger partial charge >= 0.3 is 0 Å². The molecule has 0 saturated heterocycles. The van der Waals surface area contributed by atoms with Gasteiger partial charge in [0.2, 0.25) is 0 Å². The van der Waals surface area contributed by atoms with Gasteiger partial charge in [-0.05, 0) is 84.6 Å². The molecule has 0 amide bonds. The molecule has 0 aliphatic carbocycles. The van der Waals surface area contributed by atoms with Crippen LogP contribution < -0.4 is 5.73 Å². The van der Waals surface area contributed by atoms with Gasteiger partial charge in [0, 0.05) is 16.5 Å². The first-order valence-corrected chi connectivity index (χ1v) is 12.9. The molecule has 180 valence electrons. The molecule has 4 aromatic rings. The van der Waals surface area contributed by atoms with Crippen LogP contribution in [0.1, 0.15) is 73.5 Å². The second-order valence-corrected chi connectivity index (χ2v) is 10.4. The van der Waals surface area contributed by atoms with Crippen molar-refractivity contribution in [3.63, 3.8) is 0 Å². The minimum atomic E-state index is 0.0583. The summed E-state index contributed by atoms with van der Waals surface area (Å²) in [5.74, 6) is 1.14. The molecule has 3 heteroatoms. The number of rotatable bonds is 9. The maximum Gasteiger partial charge on any atom is 0.0724 e. The van der Waals surface area contributed by atoms with Gasteiger partial charge < -0.3 is 5.73 Å². The van der Waals surface area contributed by atoms with Crippen molar-refractivity contribution in [2.75, 3.05) is 0 Å². The number of hydrogen-bond acceptors (Lipinski definition) is 2. The van der Waals surface area contributed by atoms with E-state index in [1.807, 2.05) is 24.3 Å². The molecule has 0 aliphatic heterocycles. The highest BCUT2D eigenvalue weighted by atomic mass is 35.5. The third-order valence-corrected chi connectivity index (χ3v) is 6.80. The summed E-state index contributed by atoms with van der Waals surface area (Å²) < 4.78 is 0. The molecule has 4 rings (SSSR count). The molecule has 2 N–H and O–H groups in total. The smallest absolute Gasteiger partial charge is 0.0724 e. The molecule has 0 spiro atoms. The predicted octanol–water partition coefficient (Wildman–Crippen LogP) is 8.84. The van der Waals surface area contributed by atoms with E-state index in [0.717, 1.165) is 29.4 Å². The summed E-state index contributed by atoms with van der Waals surface area (Å²) in [4.78, 5) is 4.75. The van der Waals surface area contributed by atoms with Crippen molar-refractivity contribution < 1.29 is 0 Å². The fraction of sp³-hybridized carbons (Fsp3) is 0.281. The van der Waals surface area contributed by atoms with Gasteiger partial charge in [0.05, 0.1) is 11.2 Å². The molecule has 0 aliphatic rings. The topological polar surface area (TPSA) is 38.9 Å². The van der Waals surface area contributed by atoms with E-state index >= 15 is 0 Å². The zero-order valence-electron chi connectivity index (χ0n) is 20.9. The maximum absolute atomic E-state index is 6.23. The molecule has 35 heavy (non-hydrogen) atoms. The van der Waals surface area contributed by atoms with Crippen LogP contribution in [0.3, 0.4) is 0 Å². The molecule has 1 unspecified atom stereocenters. The zero-order chi connectivity index (χ0) is 24.8. The van der Waals surface area contributed by atoms with Gasteiger partial charge in [0.1, 0.15) is 0 Å². The van der Waals surface area contributed by atoms with Crippen LogP contribution in [0.25, 0.3) is 23.1 Å². The summed E-state index contributed by atoms with van der Waals surface area (Å²) in [5, 5.41) is 1.80. The van der Waals surface area contributed by atoms with Crippen LogP contribution in [0.2, 0.25) is 5.02 Å². The molecule has 2 nitrogen and oxygen atoms in total. The highest BCUT2D eigenvalue weighted by Crippen LogP contribution is 2.31. The van der Waals surface area contributed by atoms with Crippen molar-refractivity contribution in [1.82, 2.24) is 4.98 Å². The zero-order valence-corrected chi connectivity index (χ0v) is 21.7. The molecular weight excluding hydrogens is 448 g/mol. The van der Waals surface area contributed by atoms with Crippen molar-refractivity contribution in [3.8, 4) is 0 Å². The number of nitrogens with zero attached hydrogens (tertiary/aromatic N) is 1. The third-order valence-electron chi connectivity index (χ3n) is 6.57. The van der Waals surface area contributed by atoms with Crippen molar-refractivity contribution in [2.45, 2.75) is 52.0 Å². The first-order valence-electron chi connectivity index (χ1n) is 12.6. The molecule has 1 aromatic heterocycles. The van der Waals surface area contributed by atoms with E-state index in [2.05, 4.69) is 87.5 Å². The van der Waals surface area contributed by atoms with Gasteiger partial charge in [-0.25, -0.2) is 4.98 Å². The van der Waals surface area contributed by atoms with E-state index in [-0.39, 0.29) is 6.04 Å². The van der Waals surface area contributed by atoms with Crippen LogP contribution in [0.15, 0.2) is 78.9 Å². The third kappa shape index (κ3) is 6.81. The summed E-state index contributed by atoms with van der Waals surface area (Å²) in [7, 11) is 0. The second-order valence-electron chi connectivity index (χ2n) is 9.93. The van der Waals surface area contributed by atoms with Crippen LogP contribution in [0, 0.1) is 5.92 Å². The Kier molecular flexibility index (Phi) is 8.38. The fourth-order valence-electron chi connectivity index (χ4n) is 4.82. The first-order chi connectivity index (χ1) is 16.9. The van der Waals surface area contributed by atoms with E-state index in [1.165, 1.54) is 28.7 Å². The average molecular weight is 483 g/mol. The van der Waals surface area contributed by atoms with Crippen LogP contribution in [0.4, 0.5) is 0 Å². The number of aromatic nitrogens is 1. The van der Waals surface area contributed by atoms with Crippen molar-refractivity contribution in [2.24, 2.45) is 11.7 Å². The Bertz CT molecular complexity index is 1310.